The van der Waals surface area contributed by atoms with E-state index in [0.29, 0.717) is 0 Å². The molecule has 1 aliphatic rings. The van der Waals surface area contributed by atoms with E-state index in [0.717, 1.165) is 23.2 Å². The quantitative estimate of drug-likeness (QED) is 0.719. The minimum Gasteiger partial charge on any atom is -0.305 e. The molecule has 2 nitrogen and oxygen atoms in total. The Balaban J connectivity index is 2.41. The van der Waals surface area contributed by atoms with Crippen LogP contribution in [0, 0.1) is 11.8 Å². The van der Waals surface area contributed by atoms with Gasteiger partial charge in [0.15, 0.2) is 0 Å². The Kier molecular flexibility index (Phi) is 6.30. The van der Waals surface area contributed by atoms with Crippen LogP contribution in [0.25, 0.3) is 0 Å². The Labute approximate surface area is 109 Å². The highest BCUT2D eigenvalue weighted by molar-refractivity contribution is 9.09. The molecular formula is C13H27BrN2. The largest absolute Gasteiger partial charge is 0.305 e. The molecule has 1 fully saturated rings. The van der Waals surface area contributed by atoms with Crippen LogP contribution in [0.3, 0.4) is 0 Å². The topological polar surface area (TPSA) is 6.48 Å². The number of likely N-dealkylation sites (N-methyl/N-ethyl adjacent to an activating group) is 1. The molecule has 16 heavy (non-hydrogen) atoms. The Bertz CT molecular complexity index is 194. The third-order valence-electron chi connectivity index (χ3n) is 3.84. The van der Waals surface area contributed by atoms with E-state index in [1.165, 1.54) is 32.5 Å². The van der Waals surface area contributed by atoms with Gasteiger partial charge in [-0.25, -0.2) is 0 Å². The molecule has 0 amide bonds. The lowest BCUT2D eigenvalue weighted by Crippen LogP contribution is -2.47. The van der Waals surface area contributed by atoms with Crippen molar-refractivity contribution in [2.45, 2.75) is 32.7 Å². The van der Waals surface area contributed by atoms with Crippen LogP contribution in [-0.4, -0.2) is 54.9 Å². The predicted molar refractivity (Wildman–Crippen MR) is 75.3 cm³/mol. The number of rotatable bonds is 5. The summed E-state index contributed by atoms with van der Waals surface area (Å²) in [7, 11) is 4.41. The number of piperidine rings is 1. The highest BCUT2D eigenvalue weighted by atomic mass is 79.9. The molecule has 0 spiro atoms. The van der Waals surface area contributed by atoms with Crippen molar-refractivity contribution in [3.8, 4) is 0 Å². The Morgan fingerprint density at radius 3 is 2.56 bits per heavy atom. The van der Waals surface area contributed by atoms with E-state index in [1.807, 2.05) is 0 Å². The van der Waals surface area contributed by atoms with Crippen LogP contribution in [0.15, 0.2) is 0 Å². The lowest BCUT2D eigenvalue weighted by molar-refractivity contribution is 0.114. The van der Waals surface area contributed by atoms with Gasteiger partial charge in [-0.05, 0) is 45.3 Å². The molecule has 0 aromatic carbocycles. The summed E-state index contributed by atoms with van der Waals surface area (Å²) >= 11 is 3.65. The van der Waals surface area contributed by atoms with E-state index in [1.54, 1.807) is 0 Å². The van der Waals surface area contributed by atoms with E-state index in [-0.39, 0.29) is 0 Å². The summed E-state index contributed by atoms with van der Waals surface area (Å²) in [4.78, 5) is 5.03. The third kappa shape index (κ3) is 4.34. The van der Waals surface area contributed by atoms with E-state index in [4.69, 9.17) is 0 Å². The van der Waals surface area contributed by atoms with Gasteiger partial charge in [0.25, 0.3) is 0 Å². The first-order valence-electron chi connectivity index (χ1n) is 6.49. The molecule has 0 saturated carbocycles. The van der Waals surface area contributed by atoms with Gasteiger partial charge in [0, 0.05) is 24.5 Å². The molecule has 0 aliphatic carbocycles. The summed E-state index contributed by atoms with van der Waals surface area (Å²) in [6.45, 7) is 8.47. The molecule has 1 saturated heterocycles. The van der Waals surface area contributed by atoms with Gasteiger partial charge in [0.1, 0.15) is 0 Å². The number of nitrogens with zero attached hydrogens (tertiary/aromatic N) is 2. The Morgan fingerprint density at radius 1 is 1.38 bits per heavy atom. The minimum absolute atomic E-state index is 0.761. The highest BCUT2D eigenvalue weighted by Gasteiger charge is 2.24. The first-order valence-corrected chi connectivity index (χ1v) is 7.61. The van der Waals surface area contributed by atoms with Crippen LogP contribution in [-0.2, 0) is 0 Å². The maximum absolute atomic E-state index is 3.65. The zero-order valence-electron chi connectivity index (χ0n) is 11.2. The van der Waals surface area contributed by atoms with Crippen molar-refractivity contribution in [2.24, 2.45) is 11.8 Å². The summed E-state index contributed by atoms with van der Waals surface area (Å²) in [5.74, 6) is 1.57. The monoisotopic (exact) mass is 290 g/mol. The molecule has 0 N–H and O–H groups in total. The molecule has 0 aromatic heterocycles. The van der Waals surface area contributed by atoms with E-state index < -0.39 is 0 Å². The van der Waals surface area contributed by atoms with Crippen LogP contribution in [0.1, 0.15) is 26.7 Å². The molecule has 3 heteroatoms. The fourth-order valence-corrected chi connectivity index (χ4v) is 3.34. The van der Waals surface area contributed by atoms with E-state index in [9.17, 15) is 0 Å². The Morgan fingerprint density at radius 2 is 2.06 bits per heavy atom. The summed E-state index contributed by atoms with van der Waals surface area (Å²) in [6.07, 6.45) is 2.72. The van der Waals surface area contributed by atoms with Crippen molar-refractivity contribution in [3.05, 3.63) is 0 Å². The molecule has 1 rings (SSSR count). The summed E-state index contributed by atoms with van der Waals surface area (Å²) in [6, 6.07) is 0.761. The third-order valence-corrected chi connectivity index (χ3v) is 4.68. The van der Waals surface area contributed by atoms with Crippen LogP contribution >= 0.6 is 15.9 Å². The maximum Gasteiger partial charge on any atom is 0.0217 e. The van der Waals surface area contributed by atoms with Crippen molar-refractivity contribution in [1.82, 2.24) is 9.80 Å². The molecule has 1 heterocycles. The number of halogens is 1. The summed E-state index contributed by atoms with van der Waals surface area (Å²) < 4.78 is 0. The number of alkyl halides is 1. The smallest absolute Gasteiger partial charge is 0.0217 e. The van der Waals surface area contributed by atoms with Gasteiger partial charge in [-0.3, -0.25) is 0 Å². The lowest BCUT2D eigenvalue weighted by Gasteiger charge is -2.38. The molecule has 0 bridgehead atoms. The molecule has 0 aromatic rings. The molecule has 2 unspecified atom stereocenters. The van der Waals surface area contributed by atoms with Gasteiger partial charge in [0.05, 0.1) is 0 Å². The summed E-state index contributed by atoms with van der Waals surface area (Å²) in [5, 5.41) is 1.13. The second-order valence-corrected chi connectivity index (χ2v) is 6.33. The SMILES string of the molecule is CC(C)C(CBr)CN1CCCC(N(C)C)C1. The predicted octanol–water partition coefficient (Wildman–Crippen LogP) is 2.68. The average molecular weight is 291 g/mol. The lowest BCUT2D eigenvalue weighted by atomic mass is 9.95. The van der Waals surface area contributed by atoms with Crippen molar-refractivity contribution in [3.63, 3.8) is 0 Å². The van der Waals surface area contributed by atoms with E-state index in [2.05, 4.69) is 53.7 Å². The van der Waals surface area contributed by atoms with Crippen molar-refractivity contribution in [1.29, 1.82) is 0 Å². The standard InChI is InChI=1S/C13H27BrN2/c1-11(2)12(8-14)9-16-7-5-6-13(10-16)15(3)4/h11-13H,5-10H2,1-4H3. The molecular weight excluding hydrogens is 264 g/mol. The number of hydrogen-bond donors (Lipinski definition) is 0. The molecule has 96 valence electrons. The van der Waals surface area contributed by atoms with Gasteiger partial charge in [-0.15, -0.1) is 0 Å². The average Bonchev–Trinajstić information content (AvgIpc) is 2.25. The summed E-state index contributed by atoms with van der Waals surface area (Å²) in [5.41, 5.74) is 0. The van der Waals surface area contributed by atoms with Crippen molar-refractivity contribution in [2.75, 3.05) is 39.1 Å². The van der Waals surface area contributed by atoms with Gasteiger partial charge >= 0.3 is 0 Å². The van der Waals surface area contributed by atoms with Crippen LogP contribution < -0.4 is 0 Å². The first-order chi connectivity index (χ1) is 7.54. The fourth-order valence-electron chi connectivity index (χ4n) is 2.39. The second kappa shape index (κ2) is 6.97. The highest BCUT2D eigenvalue weighted by Crippen LogP contribution is 2.19. The van der Waals surface area contributed by atoms with E-state index >= 15 is 0 Å². The molecule has 0 radical (unpaired) electrons. The van der Waals surface area contributed by atoms with Crippen LogP contribution in [0.5, 0.6) is 0 Å². The molecule has 1 aliphatic heterocycles. The zero-order valence-corrected chi connectivity index (χ0v) is 12.8. The van der Waals surface area contributed by atoms with Gasteiger partial charge in [-0.1, -0.05) is 29.8 Å². The van der Waals surface area contributed by atoms with Crippen molar-refractivity contribution >= 4 is 15.9 Å². The van der Waals surface area contributed by atoms with Crippen molar-refractivity contribution < 1.29 is 0 Å². The normalized spacial score (nSPS) is 25.3. The second-order valence-electron chi connectivity index (χ2n) is 5.68. The van der Waals surface area contributed by atoms with Gasteiger partial charge in [0.2, 0.25) is 0 Å². The Hall–Kier alpha value is 0.400. The zero-order chi connectivity index (χ0) is 12.1. The van der Waals surface area contributed by atoms with Crippen LogP contribution in [0.2, 0.25) is 0 Å². The fraction of sp³-hybridized carbons (Fsp3) is 1.00. The number of hydrogen-bond acceptors (Lipinski definition) is 2. The minimum atomic E-state index is 0.761. The first kappa shape index (κ1) is 14.5. The maximum atomic E-state index is 3.65. The van der Waals surface area contributed by atoms with Gasteiger partial charge in [-0.2, -0.15) is 0 Å². The van der Waals surface area contributed by atoms with Crippen LogP contribution in [0.4, 0.5) is 0 Å². The number of likely N-dealkylation sites (tertiary alicyclic amines) is 1. The molecule has 2 atom stereocenters. The van der Waals surface area contributed by atoms with Gasteiger partial charge < -0.3 is 9.80 Å².